The van der Waals surface area contributed by atoms with Crippen LogP contribution in [0.4, 0.5) is 4.39 Å². The minimum Gasteiger partial charge on any atom is -0.369 e. The van der Waals surface area contributed by atoms with E-state index < -0.39 is 5.60 Å². The Bertz CT molecular complexity index is 342. The molecule has 0 aromatic heterocycles. The molecule has 1 aliphatic heterocycles. The number of nitrogens with two attached hydrogens (primary N) is 1. The van der Waals surface area contributed by atoms with Gasteiger partial charge in [0.2, 0.25) is 0 Å². The lowest BCUT2D eigenvalue weighted by molar-refractivity contribution is 0.00521. The van der Waals surface area contributed by atoms with Crippen LogP contribution in [-0.2, 0) is 10.3 Å². The van der Waals surface area contributed by atoms with Crippen molar-refractivity contribution in [2.45, 2.75) is 25.0 Å². The van der Waals surface area contributed by atoms with E-state index in [9.17, 15) is 4.39 Å². The number of benzene rings is 1. The fourth-order valence-corrected chi connectivity index (χ4v) is 1.92. The molecule has 1 fully saturated rings. The second-order valence-corrected chi connectivity index (χ2v) is 3.83. The zero-order valence-electron chi connectivity index (χ0n) is 8.16. The van der Waals surface area contributed by atoms with Crippen LogP contribution in [0.2, 0.25) is 0 Å². The van der Waals surface area contributed by atoms with Gasteiger partial charge >= 0.3 is 0 Å². The molecule has 1 aliphatic rings. The summed E-state index contributed by atoms with van der Waals surface area (Å²) in [5.74, 6) is -0.243. The number of rotatable bonds is 1. The third-order valence-corrected chi connectivity index (χ3v) is 2.95. The SMILES string of the molecule is CC1(c2ccccc2F)OCCC1N. The molecule has 2 N–H and O–H groups in total. The van der Waals surface area contributed by atoms with E-state index >= 15 is 0 Å². The highest BCUT2D eigenvalue weighted by atomic mass is 19.1. The highest BCUT2D eigenvalue weighted by Gasteiger charge is 2.40. The monoisotopic (exact) mass is 195 g/mol. The van der Waals surface area contributed by atoms with Crippen molar-refractivity contribution in [3.8, 4) is 0 Å². The van der Waals surface area contributed by atoms with Gasteiger partial charge in [0.25, 0.3) is 0 Å². The van der Waals surface area contributed by atoms with Gasteiger partial charge in [-0.2, -0.15) is 0 Å². The molecule has 14 heavy (non-hydrogen) atoms. The Morgan fingerprint density at radius 3 is 2.79 bits per heavy atom. The normalized spacial score (nSPS) is 32.1. The maximum atomic E-state index is 13.5. The number of halogens is 1. The summed E-state index contributed by atoms with van der Waals surface area (Å²) in [5.41, 5.74) is 5.82. The molecule has 0 radical (unpaired) electrons. The molecule has 1 heterocycles. The molecule has 1 saturated heterocycles. The Balaban J connectivity index is 2.43. The largest absolute Gasteiger partial charge is 0.369 e. The van der Waals surface area contributed by atoms with E-state index in [0.717, 1.165) is 6.42 Å². The average Bonchev–Trinajstić information content (AvgIpc) is 2.49. The summed E-state index contributed by atoms with van der Waals surface area (Å²) in [6.07, 6.45) is 0.783. The summed E-state index contributed by atoms with van der Waals surface area (Å²) in [6, 6.07) is 6.52. The van der Waals surface area contributed by atoms with Crippen LogP contribution < -0.4 is 5.73 Å². The molecule has 0 saturated carbocycles. The second kappa shape index (κ2) is 3.33. The van der Waals surface area contributed by atoms with Crippen molar-refractivity contribution in [3.63, 3.8) is 0 Å². The lowest BCUT2D eigenvalue weighted by Gasteiger charge is -2.28. The summed E-state index contributed by atoms with van der Waals surface area (Å²) >= 11 is 0. The summed E-state index contributed by atoms with van der Waals surface area (Å²) in [5, 5.41) is 0. The number of hydrogen-bond donors (Lipinski definition) is 1. The van der Waals surface area contributed by atoms with Gasteiger partial charge in [-0.25, -0.2) is 4.39 Å². The molecule has 0 bridgehead atoms. The molecule has 0 amide bonds. The van der Waals surface area contributed by atoms with Crippen LogP contribution in [0.25, 0.3) is 0 Å². The molecule has 2 nitrogen and oxygen atoms in total. The maximum absolute atomic E-state index is 13.5. The van der Waals surface area contributed by atoms with Gasteiger partial charge in [-0.15, -0.1) is 0 Å². The number of hydrogen-bond acceptors (Lipinski definition) is 2. The van der Waals surface area contributed by atoms with E-state index in [1.54, 1.807) is 18.2 Å². The van der Waals surface area contributed by atoms with Gasteiger partial charge in [0.1, 0.15) is 11.4 Å². The molecular weight excluding hydrogens is 181 g/mol. The predicted molar refractivity (Wildman–Crippen MR) is 52.3 cm³/mol. The molecule has 2 unspecified atom stereocenters. The molecular formula is C11H14FNO. The second-order valence-electron chi connectivity index (χ2n) is 3.83. The smallest absolute Gasteiger partial charge is 0.129 e. The minimum absolute atomic E-state index is 0.126. The first-order valence-electron chi connectivity index (χ1n) is 4.79. The molecule has 1 aromatic carbocycles. The minimum atomic E-state index is -0.661. The van der Waals surface area contributed by atoms with E-state index in [0.29, 0.717) is 12.2 Å². The number of ether oxygens (including phenoxy) is 1. The van der Waals surface area contributed by atoms with Crippen molar-refractivity contribution in [2.24, 2.45) is 5.73 Å². The zero-order chi connectivity index (χ0) is 10.2. The molecule has 1 aromatic rings. The van der Waals surface area contributed by atoms with Gasteiger partial charge in [-0.05, 0) is 19.4 Å². The molecule has 2 atom stereocenters. The fraction of sp³-hybridized carbons (Fsp3) is 0.455. The topological polar surface area (TPSA) is 35.2 Å². The fourth-order valence-electron chi connectivity index (χ4n) is 1.92. The van der Waals surface area contributed by atoms with E-state index in [2.05, 4.69) is 0 Å². The summed E-state index contributed by atoms with van der Waals surface area (Å²) in [7, 11) is 0. The Morgan fingerprint density at radius 2 is 2.21 bits per heavy atom. The van der Waals surface area contributed by atoms with E-state index in [-0.39, 0.29) is 11.9 Å². The standard InChI is InChI=1S/C11H14FNO/c1-11(10(13)6-7-14-11)8-4-2-3-5-9(8)12/h2-5,10H,6-7,13H2,1H3. The van der Waals surface area contributed by atoms with Crippen molar-refractivity contribution >= 4 is 0 Å². The van der Waals surface area contributed by atoms with Crippen LogP contribution >= 0.6 is 0 Å². The molecule has 3 heteroatoms. The predicted octanol–water partition coefficient (Wildman–Crippen LogP) is 1.79. The third-order valence-electron chi connectivity index (χ3n) is 2.95. The van der Waals surface area contributed by atoms with Gasteiger partial charge in [-0.1, -0.05) is 18.2 Å². The van der Waals surface area contributed by atoms with Crippen molar-refractivity contribution in [2.75, 3.05) is 6.61 Å². The van der Waals surface area contributed by atoms with Crippen LogP contribution in [0.5, 0.6) is 0 Å². The van der Waals surface area contributed by atoms with Gasteiger partial charge in [0, 0.05) is 18.2 Å². The van der Waals surface area contributed by atoms with Crippen LogP contribution in [0.1, 0.15) is 18.9 Å². The van der Waals surface area contributed by atoms with Crippen LogP contribution in [0.15, 0.2) is 24.3 Å². The van der Waals surface area contributed by atoms with E-state index in [1.807, 2.05) is 6.92 Å². The lowest BCUT2D eigenvalue weighted by Crippen LogP contribution is -2.40. The van der Waals surface area contributed by atoms with Crippen molar-refractivity contribution in [1.29, 1.82) is 0 Å². The first-order chi connectivity index (χ1) is 6.64. The highest BCUT2D eigenvalue weighted by molar-refractivity contribution is 5.26. The molecule has 0 spiro atoms. The van der Waals surface area contributed by atoms with Crippen LogP contribution in [-0.4, -0.2) is 12.6 Å². The first-order valence-corrected chi connectivity index (χ1v) is 4.79. The molecule has 2 rings (SSSR count). The van der Waals surface area contributed by atoms with Gasteiger partial charge < -0.3 is 10.5 Å². The Hall–Kier alpha value is -0.930. The van der Waals surface area contributed by atoms with Crippen molar-refractivity contribution < 1.29 is 9.13 Å². The Labute approximate surface area is 82.9 Å². The van der Waals surface area contributed by atoms with Crippen LogP contribution in [0.3, 0.4) is 0 Å². The van der Waals surface area contributed by atoms with E-state index in [4.69, 9.17) is 10.5 Å². The quantitative estimate of drug-likeness (QED) is 0.741. The third kappa shape index (κ3) is 1.33. The van der Waals surface area contributed by atoms with E-state index in [1.165, 1.54) is 6.07 Å². The first kappa shape index (κ1) is 9.62. The van der Waals surface area contributed by atoms with Crippen LogP contribution in [0, 0.1) is 5.82 Å². The maximum Gasteiger partial charge on any atom is 0.129 e. The average molecular weight is 195 g/mol. The summed E-state index contributed by atoms with van der Waals surface area (Å²) in [4.78, 5) is 0. The van der Waals surface area contributed by atoms with Crippen molar-refractivity contribution in [3.05, 3.63) is 35.6 Å². The highest BCUT2D eigenvalue weighted by Crippen LogP contribution is 2.35. The van der Waals surface area contributed by atoms with Gasteiger partial charge in [0.05, 0.1) is 0 Å². The summed E-state index contributed by atoms with van der Waals surface area (Å²) in [6.45, 7) is 2.45. The van der Waals surface area contributed by atoms with Gasteiger partial charge in [-0.3, -0.25) is 0 Å². The Kier molecular flexibility index (Phi) is 2.29. The molecule has 0 aliphatic carbocycles. The molecule has 76 valence electrons. The van der Waals surface area contributed by atoms with Gasteiger partial charge in [0.15, 0.2) is 0 Å². The summed E-state index contributed by atoms with van der Waals surface area (Å²) < 4.78 is 19.1. The Morgan fingerprint density at radius 1 is 1.50 bits per heavy atom. The van der Waals surface area contributed by atoms with Crippen molar-refractivity contribution in [1.82, 2.24) is 0 Å². The zero-order valence-corrected chi connectivity index (χ0v) is 8.16. The lowest BCUT2D eigenvalue weighted by atomic mass is 9.89.